The van der Waals surface area contributed by atoms with Gasteiger partial charge in [0.15, 0.2) is 23.6 Å². The fourth-order valence-electron chi connectivity index (χ4n) is 4.06. The molecule has 2 heterocycles. The van der Waals surface area contributed by atoms with Crippen LogP contribution in [0.3, 0.4) is 0 Å². The number of rotatable bonds is 10. The van der Waals surface area contributed by atoms with Crippen molar-refractivity contribution in [2.75, 3.05) is 26.2 Å². The molecule has 1 aliphatic rings. The Hall–Kier alpha value is -4.39. The van der Waals surface area contributed by atoms with E-state index in [1.807, 2.05) is 6.07 Å². The number of alkyl halides is 1. The van der Waals surface area contributed by atoms with Crippen LogP contribution in [0.2, 0.25) is 0 Å². The molecule has 1 aromatic carbocycles. The first-order chi connectivity index (χ1) is 20.5. The molecule has 232 valence electrons. The Bertz CT molecular complexity index is 1300. The number of nitrogens with one attached hydrogen (secondary N) is 1. The van der Waals surface area contributed by atoms with Gasteiger partial charge in [0.25, 0.3) is 5.91 Å². The van der Waals surface area contributed by atoms with E-state index in [-0.39, 0.29) is 30.4 Å². The molecular weight excluding hydrogens is 588 g/mol. The third kappa shape index (κ3) is 9.05. The lowest BCUT2D eigenvalue weighted by Gasteiger charge is -2.29. The molecule has 4 atom stereocenters. The minimum Gasteiger partial charge on any atom is -0.493 e. The van der Waals surface area contributed by atoms with E-state index in [0.29, 0.717) is 0 Å². The number of cyclic esters (lactones) is 2. The molecule has 1 aromatic heterocycles. The number of hydrogen-bond acceptors (Lipinski definition) is 12. The first kappa shape index (κ1) is 33.1. The molecule has 1 saturated heterocycles. The molecule has 0 unspecified atom stereocenters. The number of pyridine rings is 1. The van der Waals surface area contributed by atoms with Gasteiger partial charge in [0.1, 0.15) is 25.2 Å². The largest absolute Gasteiger partial charge is 0.514 e. The van der Waals surface area contributed by atoms with Crippen molar-refractivity contribution in [3.05, 3.63) is 53.9 Å². The predicted octanol–water partition coefficient (Wildman–Crippen LogP) is 2.86. The van der Waals surface area contributed by atoms with Crippen LogP contribution in [-0.4, -0.2) is 79.4 Å². The molecule has 1 aliphatic heterocycles. The topological polar surface area (TPSA) is 166 Å². The monoisotopic (exact) mass is 620 g/mol. The molecule has 2 aromatic rings. The second kappa shape index (κ2) is 15.7. The van der Waals surface area contributed by atoms with Gasteiger partial charge >= 0.3 is 24.1 Å². The van der Waals surface area contributed by atoms with Crippen molar-refractivity contribution in [2.24, 2.45) is 11.8 Å². The average molecular weight is 621 g/mol. The van der Waals surface area contributed by atoms with Crippen LogP contribution in [0, 0.1) is 11.8 Å². The average Bonchev–Trinajstić information content (AvgIpc) is 3.02. The van der Waals surface area contributed by atoms with Gasteiger partial charge in [-0.2, -0.15) is 0 Å². The van der Waals surface area contributed by atoms with Gasteiger partial charge in [-0.1, -0.05) is 44.2 Å². The lowest BCUT2D eigenvalue weighted by Crippen LogP contribution is -2.47. The summed E-state index contributed by atoms with van der Waals surface area (Å²) in [5.41, 5.74) is 0.332. The summed E-state index contributed by atoms with van der Waals surface area (Å²) < 4.78 is 31.8. The van der Waals surface area contributed by atoms with E-state index in [2.05, 4.69) is 10.3 Å². The Morgan fingerprint density at radius 1 is 1.12 bits per heavy atom. The summed E-state index contributed by atoms with van der Waals surface area (Å²) in [7, 11) is 1.28. The highest BCUT2D eigenvalue weighted by Gasteiger charge is 2.42. The number of carbonyl (C=O) groups is 5. The van der Waals surface area contributed by atoms with Crippen molar-refractivity contribution in [3.8, 4) is 11.5 Å². The molecule has 43 heavy (non-hydrogen) atoms. The Kier molecular flexibility index (Phi) is 12.1. The molecular formula is C29H33ClN2O11. The molecule has 0 bridgehead atoms. The van der Waals surface area contributed by atoms with Crippen LogP contribution in [0.1, 0.15) is 36.8 Å². The van der Waals surface area contributed by atoms with E-state index < -0.39 is 72.4 Å². The first-order valence-corrected chi connectivity index (χ1v) is 13.9. The van der Waals surface area contributed by atoms with Crippen LogP contribution in [0.5, 0.6) is 11.5 Å². The maximum atomic E-state index is 13.4. The highest BCUT2D eigenvalue weighted by molar-refractivity contribution is 6.18. The van der Waals surface area contributed by atoms with Crippen LogP contribution in [0.25, 0.3) is 0 Å². The highest BCUT2D eigenvalue weighted by atomic mass is 35.5. The quantitative estimate of drug-likeness (QED) is 0.235. The Balaban J connectivity index is 1.88. The lowest BCUT2D eigenvalue weighted by molar-refractivity contribution is -0.176. The van der Waals surface area contributed by atoms with E-state index in [9.17, 15) is 24.0 Å². The molecule has 13 nitrogen and oxygen atoms in total. The van der Waals surface area contributed by atoms with Gasteiger partial charge < -0.3 is 33.7 Å². The fourth-order valence-corrected chi connectivity index (χ4v) is 4.14. The standard InChI is InChI=1S/C29H33ClN2O11/c1-16(2)26(34)42-23-17(3)41-28(36)20(15-40-27(35)19(23)14-18-8-6-5-7-9-18)32-25(33)22-24(21(38-4)10-12-31-22)43-29(37)39-13-11-30/h5-10,12,16-17,19-20,23H,11,13-15H2,1-4H3,(H,32,33)/t17-,19+,20-,23-/m0/s1. The first-order valence-electron chi connectivity index (χ1n) is 13.4. The van der Waals surface area contributed by atoms with Crippen LogP contribution in [0.15, 0.2) is 42.6 Å². The Labute approximate surface area is 253 Å². The third-order valence-corrected chi connectivity index (χ3v) is 6.41. The highest BCUT2D eigenvalue weighted by Crippen LogP contribution is 2.30. The maximum absolute atomic E-state index is 13.4. The summed E-state index contributed by atoms with van der Waals surface area (Å²) in [5.74, 6) is -5.25. The third-order valence-electron chi connectivity index (χ3n) is 6.25. The van der Waals surface area contributed by atoms with Crippen LogP contribution < -0.4 is 14.8 Å². The molecule has 1 N–H and O–H groups in total. The van der Waals surface area contributed by atoms with Crippen molar-refractivity contribution in [1.29, 1.82) is 0 Å². The van der Waals surface area contributed by atoms with Crippen molar-refractivity contribution >= 4 is 41.6 Å². The number of amides is 1. The molecule has 3 rings (SSSR count). The number of benzene rings is 1. The number of hydrogen-bond donors (Lipinski definition) is 1. The maximum Gasteiger partial charge on any atom is 0.514 e. The van der Waals surface area contributed by atoms with E-state index in [1.54, 1.807) is 38.1 Å². The van der Waals surface area contributed by atoms with Crippen LogP contribution in [-0.2, 0) is 39.8 Å². The molecule has 0 radical (unpaired) electrons. The smallest absolute Gasteiger partial charge is 0.493 e. The van der Waals surface area contributed by atoms with Crippen molar-refractivity contribution in [1.82, 2.24) is 10.3 Å². The zero-order valence-electron chi connectivity index (χ0n) is 24.1. The number of methoxy groups -OCH3 is 1. The molecule has 14 heteroatoms. The summed E-state index contributed by atoms with van der Waals surface area (Å²) in [5, 5.41) is 2.40. The van der Waals surface area contributed by atoms with Crippen molar-refractivity contribution in [3.63, 3.8) is 0 Å². The van der Waals surface area contributed by atoms with Gasteiger partial charge in [0.2, 0.25) is 5.75 Å². The van der Waals surface area contributed by atoms with Crippen LogP contribution in [0.4, 0.5) is 4.79 Å². The van der Waals surface area contributed by atoms with Gasteiger partial charge in [-0.3, -0.25) is 14.4 Å². The SMILES string of the molecule is COc1ccnc(C(=O)N[C@H]2COC(=O)[C@H](Cc3ccccc3)[C@@H](OC(=O)C(C)C)[C@H](C)OC2=O)c1OC(=O)OCCCl. The summed E-state index contributed by atoms with van der Waals surface area (Å²) in [6.45, 7) is 3.98. The Morgan fingerprint density at radius 2 is 1.84 bits per heavy atom. The zero-order valence-corrected chi connectivity index (χ0v) is 24.8. The number of halogens is 1. The fraction of sp³-hybridized carbons (Fsp3) is 0.448. The zero-order chi connectivity index (χ0) is 31.5. The van der Waals surface area contributed by atoms with Gasteiger partial charge in [0.05, 0.1) is 18.9 Å². The number of ether oxygens (including phenoxy) is 6. The Morgan fingerprint density at radius 3 is 2.49 bits per heavy atom. The second-order valence-corrected chi connectivity index (χ2v) is 10.1. The number of nitrogens with zero attached hydrogens (tertiary/aromatic N) is 1. The van der Waals surface area contributed by atoms with Gasteiger partial charge in [-0.25, -0.2) is 14.6 Å². The summed E-state index contributed by atoms with van der Waals surface area (Å²) in [4.78, 5) is 68.5. The molecule has 0 spiro atoms. The lowest BCUT2D eigenvalue weighted by atomic mass is 9.91. The van der Waals surface area contributed by atoms with Crippen LogP contribution >= 0.6 is 11.6 Å². The van der Waals surface area contributed by atoms with Crippen molar-refractivity contribution < 1.29 is 52.4 Å². The normalized spacial score (nSPS) is 20.4. The molecule has 1 amide bonds. The van der Waals surface area contributed by atoms with E-state index in [1.165, 1.54) is 26.3 Å². The summed E-state index contributed by atoms with van der Waals surface area (Å²) in [6.07, 6.45) is -2.10. The predicted molar refractivity (Wildman–Crippen MR) is 150 cm³/mol. The minimum atomic E-state index is -1.50. The summed E-state index contributed by atoms with van der Waals surface area (Å²) >= 11 is 5.53. The second-order valence-electron chi connectivity index (χ2n) is 9.73. The summed E-state index contributed by atoms with van der Waals surface area (Å²) in [6, 6.07) is 8.84. The van der Waals surface area contributed by atoms with Gasteiger partial charge in [-0.15, -0.1) is 11.6 Å². The molecule has 1 fully saturated rings. The molecule has 0 aliphatic carbocycles. The number of aromatic nitrogens is 1. The van der Waals surface area contributed by atoms with Crippen molar-refractivity contribution in [2.45, 2.75) is 45.4 Å². The van der Waals surface area contributed by atoms with E-state index in [0.717, 1.165) is 5.56 Å². The van der Waals surface area contributed by atoms with Gasteiger partial charge in [0, 0.05) is 12.3 Å². The number of esters is 3. The molecule has 0 saturated carbocycles. The minimum absolute atomic E-state index is 0.0112. The number of carbonyl (C=O) groups excluding carboxylic acids is 5. The van der Waals surface area contributed by atoms with E-state index in [4.69, 9.17) is 40.0 Å². The van der Waals surface area contributed by atoms with E-state index >= 15 is 0 Å². The van der Waals surface area contributed by atoms with Gasteiger partial charge in [-0.05, 0) is 18.9 Å².